The van der Waals surface area contributed by atoms with Gasteiger partial charge in [-0.15, -0.1) is 5.10 Å². The third-order valence-electron chi connectivity index (χ3n) is 3.61. The summed E-state index contributed by atoms with van der Waals surface area (Å²) in [6, 6.07) is 7.99. The van der Waals surface area contributed by atoms with Crippen LogP contribution in [0.5, 0.6) is 5.75 Å². The van der Waals surface area contributed by atoms with Crippen LogP contribution in [-0.2, 0) is 6.54 Å². The SMILES string of the molecule is CN(CCCOc1cccc(Cl)c1)Cc1nnnn1C1CC1. The van der Waals surface area contributed by atoms with E-state index >= 15 is 0 Å². The largest absolute Gasteiger partial charge is 0.493 e. The normalized spacial score (nSPS) is 14.5. The number of tetrazole rings is 1. The van der Waals surface area contributed by atoms with Gasteiger partial charge in [0.2, 0.25) is 0 Å². The molecule has 1 heterocycles. The maximum absolute atomic E-state index is 5.92. The van der Waals surface area contributed by atoms with Crippen molar-refractivity contribution in [2.45, 2.75) is 31.8 Å². The van der Waals surface area contributed by atoms with Crippen molar-refractivity contribution in [2.75, 3.05) is 20.2 Å². The van der Waals surface area contributed by atoms with Gasteiger partial charge >= 0.3 is 0 Å². The molecule has 0 atom stereocenters. The zero-order valence-corrected chi connectivity index (χ0v) is 13.4. The predicted molar refractivity (Wildman–Crippen MR) is 84.0 cm³/mol. The molecule has 22 heavy (non-hydrogen) atoms. The van der Waals surface area contributed by atoms with Crippen LogP contribution in [0.25, 0.3) is 0 Å². The monoisotopic (exact) mass is 321 g/mol. The highest BCUT2D eigenvalue weighted by molar-refractivity contribution is 6.30. The van der Waals surface area contributed by atoms with E-state index in [9.17, 15) is 0 Å². The quantitative estimate of drug-likeness (QED) is 0.699. The van der Waals surface area contributed by atoms with E-state index in [0.717, 1.165) is 31.1 Å². The van der Waals surface area contributed by atoms with Crippen molar-refractivity contribution in [2.24, 2.45) is 0 Å². The molecule has 6 nitrogen and oxygen atoms in total. The zero-order valence-electron chi connectivity index (χ0n) is 12.7. The van der Waals surface area contributed by atoms with Crippen LogP contribution in [0.15, 0.2) is 24.3 Å². The number of hydrogen-bond donors (Lipinski definition) is 0. The Hall–Kier alpha value is -1.66. The molecular formula is C15H20ClN5O. The Balaban J connectivity index is 1.39. The molecule has 1 saturated carbocycles. The van der Waals surface area contributed by atoms with Crippen LogP contribution in [0, 0.1) is 0 Å². The van der Waals surface area contributed by atoms with Crippen molar-refractivity contribution < 1.29 is 4.74 Å². The number of halogens is 1. The number of aromatic nitrogens is 4. The molecule has 1 aromatic heterocycles. The van der Waals surface area contributed by atoms with Gasteiger partial charge in [0, 0.05) is 11.6 Å². The molecule has 0 spiro atoms. The molecule has 0 amide bonds. The van der Waals surface area contributed by atoms with E-state index in [-0.39, 0.29) is 0 Å². The van der Waals surface area contributed by atoms with E-state index in [1.807, 2.05) is 28.9 Å². The molecule has 7 heteroatoms. The van der Waals surface area contributed by atoms with Gasteiger partial charge in [-0.05, 0) is 54.9 Å². The van der Waals surface area contributed by atoms with Crippen LogP contribution >= 0.6 is 11.6 Å². The maximum atomic E-state index is 5.92. The van der Waals surface area contributed by atoms with Gasteiger partial charge in [0.25, 0.3) is 0 Å². The third kappa shape index (κ3) is 4.18. The Morgan fingerprint density at radius 1 is 1.41 bits per heavy atom. The van der Waals surface area contributed by atoms with Gasteiger partial charge in [0.05, 0.1) is 19.2 Å². The van der Waals surface area contributed by atoms with Crippen LogP contribution in [0.4, 0.5) is 0 Å². The van der Waals surface area contributed by atoms with Crippen molar-refractivity contribution in [3.05, 3.63) is 35.1 Å². The van der Waals surface area contributed by atoms with E-state index < -0.39 is 0 Å². The first-order valence-corrected chi connectivity index (χ1v) is 7.94. The first-order chi connectivity index (χ1) is 10.7. The fraction of sp³-hybridized carbons (Fsp3) is 0.533. The Morgan fingerprint density at radius 3 is 3.05 bits per heavy atom. The predicted octanol–water partition coefficient (Wildman–Crippen LogP) is 2.56. The summed E-state index contributed by atoms with van der Waals surface area (Å²) in [5, 5.41) is 12.7. The van der Waals surface area contributed by atoms with Gasteiger partial charge in [-0.3, -0.25) is 4.90 Å². The summed E-state index contributed by atoms with van der Waals surface area (Å²) in [5.74, 6) is 1.76. The Kier molecular flexibility index (Phi) is 4.90. The second kappa shape index (κ2) is 7.07. The van der Waals surface area contributed by atoms with Gasteiger partial charge in [-0.1, -0.05) is 17.7 Å². The summed E-state index contributed by atoms with van der Waals surface area (Å²) in [6.07, 6.45) is 3.32. The number of rotatable bonds is 8. The van der Waals surface area contributed by atoms with Crippen LogP contribution in [0.2, 0.25) is 5.02 Å². The first-order valence-electron chi connectivity index (χ1n) is 7.56. The summed E-state index contributed by atoms with van der Waals surface area (Å²) in [7, 11) is 2.07. The second-order valence-corrected chi connectivity index (χ2v) is 6.10. The summed E-state index contributed by atoms with van der Waals surface area (Å²) < 4.78 is 7.65. The molecule has 0 saturated heterocycles. The van der Waals surface area contributed by atoms with Crippen LogP contribution in [0.3, 0.4) is 0 Å². The standard InChI is InChI=1S/C15H20ClN5O/c1-20(11-15-17-18-19-21(15)13-6-7-13)8-3-9-22-14-5-2-4-12(16)10-14/h2,4-5,10,13H,3,6-9,11H2,1H3. The highest BCUT2D eigenvalue weighted by Gasteiger charge is 2.27. The molecule has 1 fully saturated rings. The minimum atomic E-state index is 0.518. The molecule has 0 radical (unpaired) electrons. The maximum Gasteiger partial charge on any atom is 0.165 e. The van der Waals surface area contributed by atoms with Gasteiger partial charge in [-0.2, -0.15) is 0 Å². The van der Waals surface area contributed by atoms with Gasteiger partial charge < -0.3 is 4.74 Å². The van der Waals surface area contributed by atoms with Gasteiger partial charge in [-0.25, -0.2) is 4.68 Å². The molecule has 118 valence electrons. The average Bonchev–Trinajstić information content (AvgIpc) is 3.24. The highest BCUT2D eigenvalue weighted by atomic mass is 35.5. The van der Waals surface area contributed by atoms with Crippen molar-refractivity contribution in [1.82, 2.24) is 25.1 Å². The molecule has 0 unspecified atom stereocenters. The summed E-state index contributed by atoms with van der Waals surface area (Å²) in [4.78, 5) is 2.21. The lowest BCUT2D eigenvalue weighted by Crippen LogP contribution is -2.23. The smallest absolute Gasteiger partial charge is 0.165 e. The Morgan fingerprint density at radius 2 is 2.27 bits per heavy atom. The summed E-state index contributed by atoms with van der Waals surface area (Å²) in [5.41, 5.74) is 0. The molecule has 0 N–H and O–H groups in total. The van der Waals surface area contributed by atoms with Crippen molar-refractivity contribution >= 4 is 11.6 Å². The minimum Gasteiger partial charge on any atom is -0.493 e. The van der Waals surface area contributed by atoms with E-state index in [2.05, 4.69) is 27.5 Å². The van der Waals surface area contributed by atoms with Crippen LogP contribution in [-0.4, -0.2) is 45.3 Å². The Labute approximate surface area is 135 Å². The lowest BCUT2D eigenvalue weighted by Gasteiger charge is -2.16. The minimum absolute atomic E-state index is 0.518. The topological polar surface area (TPSA) is 56.1 Å². The van der Waals surface area contributed by atoms with Crippen molar-refractivity contribution in [3.8, 4) is 5.75 Å². The molecule has 1 aliphatic rings. The molecular weight excluding hydrogens is 302 g/mol. The third-order valence-corrected chi connectivity index (χ3v) is 3.85. The van der Waals surface area contributed by atoms with Gasteiger partial charge in [0.1, 0.15) is 5.75 Å². The molecule has 0 aliphatic heterocycles. The molecule has 0 bridgehead atoms. The van der Waals surface area contributed by atoms with Crippen LogP contribution in [0.1, 0.15) is 31.1 Å². The fourth-order valence-electron chi connectivity index (χ4n) is 2.32. The van der Waals surface area contributed by atoms with E-state index in [4.69, 9.17) is 16.3 Å². The van der Waals surface area contributed by atoms with Crippen molar-refractivity contribution in [1.29, 1.82) is 0 Å². The van der Waals surface area contributed by atoms with E-state index in [1.54, 1.807) is 0 Å². The zero-order chi connectivity index (χ0) is 15.4. The summed E-state index contributed by atoms with van der Waals surface area (Å²) in [6.45, 7) is 2.36. The van der Waals surface area contributed by atoms with E-state index in [1.165, 1.54) is 12.8 Å². The lowest BCUT2D eigenvalue weighted by atomic mass is 10.3. The summed E-state index contributed by atoms with van der Waals surface area (Å²) >= 11 is 5.92. The number of ether oxygens (including phenoxy) is 1. The van der Waals surface area contributed by atoms with Crippen LogP contribution < -0.4 is 4.74 Å². The number of hydrogen-bond acceptors (Lipinski definition) is 5. The average molecular weight is 322 g/mol. The lowest BCUT2D eigenvalue weighted by molar-refractivity contribution is 0.253. The first kappa shape index (κ1) is 15.2. The number of benzene rings is 1. The molecule has 2 aromatic rings. The van der Waals surface area contributed by atoms with Gasteiger partial charge in [0.15, 0.2) is 5.82 Å². The molecule has 1 aliphatic carbocycles. The van der Waals surface area contributed by atoms with Crippen molar-refractivity contribution in [3.63, 3.8) is 0 Å². The second-order valence-electron chi connectivity index (χ2n) is 5.67. The fourth-order valence-corrected chi connectivity index (χ4v) is 2.50. The highest BCUT2D eigenvalue weighted by Crippen LogP contribution is 2.34. The van der Waals surface area contributed by atoms with E-state index in [0.29, 0.717) is 17.7 Å². The Bertz CT molecular complexity index is 613. The number of nitrogens with zero attached hydrogens (tertiary/aromatic N) is 5. The molecule has 1 aromatic carbocycles. The molecule has 3 rings (SSSR count).